The van der Waals surface area contributed by atoms with Gasteiger partial charge in [0, 0.05) is 6.20 Å². The van der Waals surface area contributed by atoms with Crippen LogP contribution < -0.4 is 0 Å². The van der Waals surface area contributed by atoms with Crippen molar-refractivity contribution in [2.24, 2.45) is 10.8 Å². The maximum atomic E-state index is 10.9. The number of hydrogen-bond donors (Lipinski definition) is 1. The second-order valence-corrected chi connectivity index (χ2v) is 9.13. The summed E-state index contributed by atoms with van der Waals surface area (Å²) in [6.45, 7) is 14.3. The van der Waals surface area contributed by atoms with Crippen molar-refractivity contribution in [1.29, 1.82) is 0 Å². The number of aromatic carboxylic acids is 1. The van der Waals surface area contributed by atoms with Gasteiger partial charge >= 0.3 is 5.97 Å². The maximum Gasteiger partial charge on any atom is 0.356 e. The Balaban J connectivity index is 2.17. The molecule has 0 aliphatic heterocycles. The van der Waals surface area contributed by atoms with E-state index in [1.807, 2.05) is 0 Å². The Morgan fingerprint density at radius 3 is 2.12 bits per heavy atom. The lowest BCUT2D eigenvalue weighted by Crippen LogP contribution is -2.23. The molecular formula is C21H30N2O2. The summed E-state index contributed by atoms with van der Waals surface area (Å²) in [6.07, 6.45) is 2.84. The molecule has 2 rings (SSSR count). The summed E-state index contributed by atoms with van der Waals surface area (Å²) >= 11 is 0. The number of benzene rings is 1. The molecule has 1 unspecified atom stereocenters. The van der Waals surface area contributed by atoms with E-state index in [-0.39, 0.29) is 16.5 Å². The average Bonchev–Trinajstić information content (AvgIpc) is 2.93. The quantitative estimate of drug-likeness (QED) is 0.813. The first-order chi connectivity index (χ1) is 11.5. The third kappa shape index (κ3) is 5.45. The highest BCUT2D eigenvalue weighted by Crippen LogP contribution is 2.43. The largest absolute Gasteiger partial charge is 0.476 e. The van der Waals surface area contributed by atoms with E-state index in [1.165, 1.54) is 11.6 Å². The summed E-state index contributed by atoms with van der Waals surface area (Å²) < 4.78 is 1.66. The van der Waals surface area contributed by atoms with Crippen molar-refractivity contribution in [3.63, 3.8) is 0 Å². The van der Waals surface area contributed by atoms with Crippen LogP contribution in [0.2, 0.25) is 0 Å². The van der Waals surface area contributed by atoms with Crippen LogP contribution in [-0.2, 0) is 6.54 Å². The fourth-order valence-corrected chi connectivity index (χ4v) is 3.14. The summed E-state index contributed by atoms with van der Waals surface area (Å²) in [6, 6.07) is 10.2. The number of aromatic nitrogens is 2. The van der Waals surface area contributed by atoms with E-state index in [9.17, 15) is 4.79 Å². The molecule has 1 N–H and O–H groups in total. The second kappa shape index (κ2) is 7.03. The summed E-state index contributed by atoms with van der Waals surface area (Å²) in [5.74, 6) is -0.505. The molecule has 1 aromatic heterocycles. The highest BCUT2D eigenvalue weighted by molar-refractivity contribution is 5.85. The molecule has 0 radical (unpaired) electrons. The topological polar surface area (TPSA) is 55.1 Å². The number of carboxylic acids is 1. The minimum absolute atomic E-state index is 0.0783. The number of carbonyl (C=O) groups is 1. The van der Waals surface area contributed by atoms with Crippen LogP contribution in [0.1, 0.15) is 75.5 Å². The Hall–Kier alpha value is -2.10. The van der Waals surface area contributed by atoms with Gasteiger partial charge in [0.1, 0.15) is 0 Å². The van der Waals surface area contributed by atoms with Crippen LogP contribution in [0.25, 0.3) is 0 Å². The van der Waals surface area contributed by atoms with Crippen LogP contribution in [0.4, 0.5) is 0 Å². The SMILES string of the molecule is CC(C)(C)CC(c1ccc(Cn2ccc(C(=O)O)n2)cc1)C(C)(C)C. The molecule has 136 valence electrons. The van der Waals surface area contributed by atoms with Crippen LogP contribution in [0, 0.1) is 10.8 Å². The van der Waals surface area contributed by atoms with Crippen LogP contribution in [0.3, 0.4) is 0 Å². The molecule has 0 aliphatic rings. The molecule has 0 spiro atoms. The number of hydrogen-bond acceptors (Lipinski definition) is 2. The van der Waals surface area contributed by atoms with Gasteiger partial charge in [-0.1, -0.05) is 65.8 Å². The van der Waals surface area contributed by atoms with Gasteiger partial charge < -0.3 is 5.11 Å². The Bertz CT molecular complexity index is 716. The zero-order valence-electron chi connectivity index (χ0n) is 16.2. The Kier molecular flexibility index (Phi) is 5.40. The van der Waals surface area contributed by atoms with E-state index in [0.717, 1.165) is 12.0 Å². The van der Waals surface area contributed by atoms with Crippen molar-refractivity contribution < 1.29 is 9.90 Å². The molecule has 4 nitrogen and oxygen atoms in total. The molecule has 0 saturated heterocycles. The third-order valence-electron chi connectivity index (χ3n) is 4.45. The maximum absolute atomic E-state index is 10.9. The van der Waals surface area contributed by atoms with Crippen molar-refractivity contribution in [1.82, 2.24) is 9.78 Å². The van der Waals surface area contributed by atoms with Crippen LogP contribution in [0.15, 0.2) is 36.5 Å². The minimum atomic E-state index is -0.996. The average molecular weight is 342 g/mol. The van der Waals surface area contributed by atoms with Gasteiger partial charge in [-0.15, -0.1) is 0 Å². The molecule has 0 aliphatic carbocycles. The number of carboxylic acid groups (broad SMARTS) is 1. The van der Waals surface area contributed by atoms with E-state index >= 15 is 0 Å². The summed E-state index contributed by atoms with van der Waals surface area (Å²) in [4.78, 5) is 10.9. The molecule has 0 fully saturated rings. The minimum Gasteiger partial charge on any atom is -0.476 e. The molecular weight excluding hydrogens is 312 g/mol. The predicted octanol–water partition coefficient (Wildman–Crippen LogP) is 5.20. The fourth-order valence-electron chi connectivity index (χ4n) is 3.14. The normalized spacial score (nSPS) is 13.7. The smallest absolute Gasteiger partial charge is 0.356 e. The van der Waals surface area contributed by atoms with Crippen molar-refractivity contribution in [2.75, 3.05) is 0 Å². The molecule has 0 bridgehead atoms. The molecule has 4 heteroatoms. The fraction of sp³-hybridized carbons (Fsp3) is 0.524. The first kappa shape index (κ1) is 19.2. The van der Waals surface area contributed by atoms with E-state index in [4.69, 9.17) is 5.11 Å². The molecule has 2 aromatic rings. The Morgan fingerprint density at radius 1 is 1.08 bits per heavy atom. The lowest BCUT2D eigenvalue weighted by molar-refractivity contribution is 0.0689. The predicted molar refractivity (Wildman–Crippen MR) is 101 cm³/mol. The van der Waals surface area contributed by atoms with Crippen LogP contribution >= 0.6 is 0 Å². The van der Waals surface area contributed by atoms with Gasteiger partial charge in [0.25, 0.3) is 0 Å². The van der Waals surface area contributed by atoms with Crippen molar-refractivity contribution in [2.45, 2.75) is 60.4 Å². The van der Waals surface area contributed by atoms with Crippen molar-refractivity contribution >= 4 is 5.97 Å². The van der Waals surface area contributed by atoms with Crippen LogP contribution in [-0.4, -0.2) is 20.9 Å². The van der Waals surface area contributed by atoms with Gasteiger partial charge in [0.05, 0.1) is 6.54 Å². The third-order valence-corrected chi connectivity index (χ3v) is 4.45. The lowest BCUT2D eigenvalue weighted by atomic mass is 9.69. The molecule has 25 heavy (non-hydrogen) atoms. The standard InChI is InChI=1S/C21H30N2O2/c1-20(2,3)13-17(21(4,5)6)16-9-7-15(8-10-16)14-23-12-11-18(22-23)19(24)25/h7-12,17H,13-14H2,1-6H3,(H,24,25). The van der Waals surface area contributed by atoms with Gasteiger partial charge in [-0.2, -0.15) is 5.10 Å². The Morgan fingerprint density at radius 2 is 1.68 bits per heavy atom. The van der Waals surface area contributed by atoms with E-state index in [2.05, 4.69) is 70.9 Å². The van der Waals surface area contributed by atoms with Gasteiger partial charge in [-0.05, 0) is 40.4 Å². The molecule has 1 atom stereocenters. The van der Waals surface area contributed by atoms with Gasteiger partial charge in [-0.25, -0.2) is 4.79 Å². The van der Waals surface area contributed by atoms with Gasteiger partial charge in [0.2, 0.25) is 0 Å². The summed E-state index contributed by atoms with van der Waals surface area (Å²) in [5.41, 5.74) is 3.03. The van der Waals surface area contributed by atoms with E-state index < -0.39 is 5.97 Å². The lowest BCUT2D eigenvalue weighted by Gasteiger charge is -2.36. The van der Waals surface area contributed by atoms with Crippen molar-refractivity contribution in [3.05, 3.63) is 53.3 Å². The number of rotatable bonds is 5. The summed E-state index contributed by atoms with van der Waals surface area (Å²) in [5, 5.41) is 13.0. The first-order valence-corrected chi connectivity index (χ1v) is 8.81. The highest BCUT2D eigenvalue weighted by atomic mass is 16.4. The zero-order valence-corrected chi connectivity index (χ0v) is 16.2. The van der Waals surface area contributed by atoms with Crippen molar-refractivity contribution in [3.8, 4) is 0 Å². The highest BCUT2D eigenvalue weighted by Gasteiger charge is 2.30. The monoisotopic (exact) mass is 342 g/mol. The van der Waals surface area contributed by atoms with Gasteiger partial charge in [-0.3, -0.25) is 4.68 Å². The van der Waals surface area contributed by atoms with E-state index in [1.54, 1.807) is 10.9 Å². The molecule has 0 saturated carbocycles. The first-order valence-electron chi connectivity index (χ1n) is 8.81. The molecule has 1 aromatic carbocycles. The number of nitrogens with zero attached hydrogens (tertiary/aromatic N) is 2. The molecule has 0 amide bonds. The van der Waals surface area contributed by atoms with E-state index in [0.29, 0.717) is 12.5 Å². The van der Waals surface area contributed by atoms with Gasteiger partial charge in [0.15, 0.2) is 5.69 Å². The zero-order chi connectivity index (χ0) is 18.8. The summed E-state index contributed by atoms with van der Waals surface area (Å²) in [7, 11) is 0. The Labute approximate surface area is 150 Å². The van der Waals surface area contributed by atoms with Crippen LogP contribution in [0.5, 0.6) is 0 Å². The molecule has 1 heterocycles. The second-order valence-electron chi connectivity index (χ2n) is 9.13.